The Bertz CT molecular complexity index is 4970. The second kappa shape index (κ2) is 46.5. The second-order valence-corrected chi connectivity index (χ2v) is 52.6. The van der Waals surface area contributed by atoms with Crippen LogP contribution in [0.5, 0.6) is 0 Å². The molecule has 19 atom stereocenters. The molecular formula is C113H160F11NO22S2. The highest BCUT2D eigenvalue weighted by Crippen LogP contribution is 2.69. The highest BCUT2D eigenvalue weighted by Gasteiger charge is 2.70. The van der Waals surface area contributed by atoms with Crippen LogP contribution in [0.3, 0.4) is 0 Å². The van der Waals surface area contributed by atoms with Gasteiger partial charge in [-0.3, -0.25) is 38.5 Å². The Morgan fingerprint density at radius 2 is 0.993 bits per heavy atom. The summed E-state index contributed by atoms with van der Waals surface area (Å²) in [5, 5.41) is 24.8. The van der Waals surface area contributed by atoms with E-state index < -0.39 is 140 Å². The average Bonchev–Trinajstić information content (AvgIpc) is 1.60. The lowest BCUT2D eigenvalue weighted by Gasteiger charge is -2.59. The lowest BCUT2D eigenvalue weighted by atomic mass is 9.49. The fourth-order valence-corrected chi connectivity index (χ4v) is 29.8. The molecule has 3 aromatic rings. The van der Waals surface area contributed by atoms with Crippen molar-refractivity contribution in [2.75, 3.05) is 39.5 Å². The third kappa shape index (κ3) is 27.0. The van der Waals surface area contributed by atoms with E-state index in [9.17, 15) is 110 Å². The van der Waals surface area contributed by atoms with E-state index in [0.717, 1.165) is 146 Å². The van der Waals surface area contributed by atoms with Crippen LogP contribution in [0.2, 0.25) is 0 Å². The number of ether oxygens (including phenoxy) is 9. The number of carbonyl (C=O) groups is 7. The predicted octanol–water partition coefficient (Wildman–Crippen LogP) is 22.7. The minimum absolute atomic E-state index is 0.0146. The van der Waals surface area contributed by atoms with Crippen LogP contribution in [0.15, 0.2) is 106 Å². The van der Waals surface area contributed by atoms with Gasteiger partial charge in [-0.15, -0.1) is 0 Å². The summed E-state index contributed by atoms with van der Waals surface area (Å²) < 4.78 is 226. The molecule has 0 spiro atoms. The van der Waals surface area contributed by atoms with E-state index in [-0.39, 0.29) is 118 Å². The molecule has 4 saturated heterocycles. The van der Waals surface area contributed by atoms with Crippen molar-refractivity contribution >= 4 is 62.8 Å². The highest BCUT2D eigenvalue weighted by molar-refractivity contribution is 7.97. The van der Waals surface area contributed by atoms with Gasteiger partial charge in [-0.25, -0.2) is 8.42 Å². The Morgan fingerprint density at radius 3 is 1.45 bits per heavy atom. The van der Waals surface area contributed by atoms with Gasteiger partial charge >= 0.3 is 65.6 Å². The lowest BCUT2D eigenvalue weighted by molar-refractivity contribution is -0.299. The van der Waals surface area contributed by atoms with Gasteiger partial charge in [0.25, 0.3) is 6.10 Å². The summed E-state index contributed by atoms with van der Waals surface area (Å²) in [6.07, 6.45) is 2.85. The highest BCUT2D eigenvalue weighted by atomic mass is 32.2. The summed E-state index contributed by atoms with van der Waals surface area (Å²) in [5.41, 5.74) is -11.2. The van der Waals surface area contributed by atoms with E-state index in [1.807, 2.05) is 55.4 Å². The summed E-state index contributed by atoms with van der Waals surface area (Å²) in [6.45, 7) is 30.7. The van der Waals surface area contributed by atoms with Crippen LogP contribution in [0.4, 0.5) is 48.3 Å². The molecule has 4 aliphatic heterocycles. The molecule has 18 fully saturated rings. The minimum Gasteiger partial charge on any atom is -0.743 e. The number of hydrogen-bond acceptors (Lipinski definition) is 23. The second-order valence-electron chi connectivity index (χ2n) is 49.2. The van der Waals surface area contributed by atoms with Crippen LogP contribution >= 0.6 is 0 Å². The number of fused-ring (bicyclic) bond motifs is 9. The standard InChI is InChI=1S/C21H34O2.C18H28F6O4.C18H15S.C16H26O3.C14H17F5O5S.C13H23NO3.C13H18O5/c1-5-20(3,4)19(22)23-21(6-2)12-15-11-17(21)18-14-8-7-13(9-14)10-16(15)18;1-6-14(2,3)13(25)28-12-8-10(15(4,26)17(19,20)21)7-11(9-12)16(5,27)18(22,23)24;1-4-10-16(11-5-1)19(17-12-6-2-7-13-17)18-14-8-3-9-15-18;1-4-14(2,3)13(17)19-16-8-11-5-12(9-16)7-15(18,6-11)10-16;15-13(16,17)10(14(18,19)25(21,22)23)24-11(20)12-4-7-1-8(5-12)3-9(2-7)6-12;15-13(12-4-2-1-3-5-12)17-11-8-14-6-9-16-10-7-14;1-4-13(2,3)12(15)18-9-7-5-6-8(16-7)10(9)17-11(6)14/h13-18H,5-12H2,1-4H3;10-12,26-27H,6-9H2,1-5H3;1-15H;11-12,18H,4-10H2,1-3H3;7-10H,1-6H2,(H,21,22,23);12H,1-11H2;6-10H,4-5H2,1-3H3/q;;+1;;;;/p-1. The van der Waals surface area contributed by atoms with Crippen molar-refractivity contribution in [3.05, 3.63) is 91.0 Å². The Kier molecular flexibility index (Phi) is 37.2. The van der Waals surface area contributed by atoms with Gasteiger partial charge in [0.05, 0.1) is 74.7 Å². The molecule has 14 saturated carbocycles. The molecule has 14 bridgehead atoms. The first-order chi connectivity index (χ1) is 69.4. The van der Waals surface area contributed by atoms with Crippen LogP contribution < -0.4 is 0 Å². The maximum atomic E-state index is 13.5. The Morgan fingerprint density at radius 1 is 0.523 bits per heavy atom. The molecule has 14 aliphatic carbocycles. The average molecular weight is 2160 g/mol. The molecule has 21 rings (SSSR count). The third-order valence-electron chi connectivity index (χ3n) is 37.0. The topological polar surface area (TPSA) is 324 Å². The zero-order chi connectivity index (χ0) is 109. The maximum Gasteiger partial charge on any atom is 0.432 e. The van der Waals surface area contributed by atoms with E-state index in [2.05, 4.69) is 114 Å². The number of nitrogens with zero attached hydrogens (tertiary/aromatic N) is 1. The fraction of sp³-hybridized carbons (Fsp3) is 0.779. The van der Waals surface area contributed by atoms with E-state index >= 15 is 0 Å². The molecule has 0 radical (unpaired) electrons. The van der Waals surface area contributed by atoms with Crippen molar-refractivity contribution in [3.63, 3.8) is 0 Å². The smallest absolute Gasteiger partial charge is 0.432 e. The zero-order valence-electron chi connectivity index (χ0n) is 89.2. The summed E-state index contributed by atoms with van der Waals surface area (Å²) >= 11 is 0. The number of morpholine rings is 1. The van der Waals surface area contributed by atoms with Crippen LogP contribution in [0.25, 0.3) is 0 Å². The van der Waals surface area contributed by atoms with Crippen molar-refractivity contribution in [2.45, 2.75) is 412 Å². The predicted molar refractivity (Wildman–Crippen MR) is 531 cm³/mol. The van der Waals surface area contributed by atoms with E-state index in [4.69, 9.17) is 37.9 Å². The van der Waals surface area contributed by atoms with Crippen LogP contribution in [-0.4, -0.2) is 203 Å². The Balaban J connectivity index is 0.000000146. The zero-order valence-corrected chi connectivity index (χ0v) is 90.8. The van der Waals surface area contributed by atoms with Gasteiger partial charge in [-0.1, -0.05) is 115 Å². The molecule has 0 aromatic heterocycles. The fourth-order valence-electron chi connectivity index (χ4n) is 27.2. The number of hydrogen-bond donors (Lipinski definition) is 3. The van der Waals surface area contributed by atoms with Gasteiger partial charge in [-0.05, 0) is 338 Å². The van der Waals surface area contributed by atoms with Crippen LogP contribution in [-0.2, 0) is 97.2 Å². The van der Waals surface area contributed by atoms with Crippen LogP contribution in [0.1, 0.15) is 309 Å². The lowest BCUT2D eigenvalue weighted by Crippen LogP contribution is -2.61. The molecular weight excluding hydrogens is 2000 g/mol. The number of benzene rings is 3. The molecule has 23 nitrogen and oxygen atoms in total. The summed E-state index contributed by atoms with van der Waals surface area (Å²) in [5.74, 6) is 0.788. The molecule has 3 aromatic carbocycles. The number of alkyl halides is 11. The van der Waals surface area contributed by atoms with E-state index in [1.54, 1.807) is 20.8 Å². The molecule has 19 unspecified atom stereocenters. The summed E-state index contributed by atoms with van der Waals surface area (Å²) in [4.78, 5) is 91.6. The Hall–Kier alpha value is -6.80. The number of carbonyl (C=O) groups excluding carboxylic acids is 7. The molecule has 3 N–H and O–H groups in total. The maximum absolute atomic E-state index is 13.5. The van der Waals surface area contributed by atoms with Gasteiger partial charge in [0.15, 0.2) is 48.2 Å². The van der Waals surface area contributed by atoms with Gasteiger partial charge < -0.3 is 62.5 Å². The van der Waals surface area contributed by atoms with Gasteiger partial charge in [0.1, 0.15) is 30.0 Å². The Labute approximate surface area is 874 Å². The molecule has 36 heteroatoms. The van der Waals surface area contributed by atoms with Crippen molar-refractivity contribution in [1.82, 2.24) is 4.90 Å². The SMILES string of the molecule is CCC(C)(C)C(=O)OC1(CC)CC2CC1C1C3CCC(C3)CC21.CCC(C)(C)C(=O)OC12CC3CC(CC(O)(C3)C1)C2.CCC(C)(C)C(=O)OC1C2CC3C(=O)OC1C3O2.CCC(C)(C)C(=O)OC1CC(C(C)(O)C(F)(F)F)CC(C(C)(O)C(F)(F)F)C1.O=C(OC(C(F)(F)F)C(F)(F)S(=O)(=O)[O-])C12CC3CC(CC(C3)C1)C2.O=C(OCCN1CCOCC1)C1CCCCC1.c1ccc([S+](c2ccccc2)c2ccccc2)cc1. The summed E-state index contributed by atoms with van der Waals surface area (Å²) in [6, 6.07) is 32.2. The molecule has 4 heterocycles. The number of rotatable bonds is 26. The van der Waals surface area contributed by atoms with E-state index in [0.29, 0.717) is 63.9 Å². The minimum atomic E-state index is -6.67. The van der Waals surface area contributed by atoms with Crippen molar-refractivity contribution < 1.29 is 153 Å². The van der Waals surface area contributed by atoms with Crippen molar-refractivity contribution in [3.8, 4) is 0 Å². The first kappa shape index (κ1) is 119. The monoisotopic (exact) mass is 2160 g/mol. The molecule has 838 valence electrons. The largest absolute Gasteiger partial charge is 0.743 e. The number of halogens is 11. The van der Waals surface area contributed by atoms with Crippen LogP contribution in [0, 0.1) is 116 Å². The molecule has 149 heavy (non-hydrogen) atoms. The van der Waals surface area contributed by atoms with E-state index in [1.165, 1.54) is 72.5 Å². The van der Waals surface area contributed by atoms with Gasteiger partial charge in [-0.2, -0.15) is 48.3 Å². The normalized spacial score (nSPS) is 33.6. The number of aliphatic hydroxyl groups is 3. The summed E-state index contributed by atoms with van der Waals surface area (Å²) in [7, 11) is -6.68. The number of esters is 7. The first-order valence-electron chi connectivity index (χ1n) is 54.4. The molecule has 0 amide bonds. The quantitative estimate of drug-likeness (QED) is 0.0221. The van der Waals surface area contributed by atoms with Crippen molar-refractivity contribution in [2.24, 2.45) is 116 Å². The first-order valence-corrected chi connectivity index (χ1v) is 57.1. The van der Waals surface area contributed by atoms with Gasteiger partial charge in [0, 0.05) is 43.8 Å². The molecule has 18 aliphatic rings. The van der Waals surface area contributed by atoms with Crippen molar-refractivity contribution in [1.29, 1.82) is 0 Å². The van der Waals surface area contributed by atoms with Gasteiger partial charge in [0.2, 0.25) is 0 Å². The third-order valence-corrected chi connectivity index (χ3v) is 40.1.